The van der Waals surface area contributed by atoms with Crippen molar-refractivity contribution in [3.63, 3.8) is 0 Å². The minimum atomic E-state index is -0.418. The van der Waals surface area contributed by atoms with E-state index in [4.69, 9.17) is 10.5 Å². The van der Waals surface area contributed by atoms with Crippen molar-refractivity contribution >= 4 is 17.3 Å². The van der Waals surface area contributed by atoms with Crippen LogP contribution >= 0.6 is 0 Å². The summed E-state index contributed by atoms with van der Waals surface area (Å²) in [4.78, 5) is 11.8. The summed E-state index contributed by atoms with van der Waals surface area (Å²) in [6, 6.07) is 3.92. The number of hydrogen-bond donors (Lipinski definition) is 2. The summed E-state index contributed by atoms with van der Waals surface area (Å²) in [7, 11) is 0. The lowest BCUT2D eigenvalue weighted by molar-refractivity contribution is -0.116. The van der Waals surface area contributed by atoms with E-state index in [9.17, 15) is 9.18 Å². The maximum atomic E-state index is 12.9. The molecule has 1 aromatic rings. The van der Waals surface area contributed by atoms with Gasteiger partial charge in [0.1, 0.15) is 5.82 Å². The summed E-state index contributed by atoms with van der Waals surface area (Å²) in [5.41, 5.74) is 6.30. The molecule has 1 amide bonds. The maximum absolute atomic E-state index is 12.9. The maximum Gasteiger partial charge on any atom is 0.224 e. The van der Waals surface area contributed by atoms with E-state index in [1.165, 1.54) is 18.2 Å². The van der Waals surface area contributed by atoms with E-state index in [0.29, 0.717) is 31.1 Å². The quantitative estimate of drug-likeness (QED) is 0.569. The van der Waals surface area contributed by atoms with Gasteiger partial charge in [-0.2, -0.15) is 0 Å². The number of anilines is 2. The summed E-state index contributed by atoms with van der Waals surface area (Å²) in [5.74, 6) is 0.0382. The van der Waals surface area contributed by atoms with Gasteiger partial charge in [0.05, 0.1) is 17.5 Å². The van der Waals surface area contributed by atoms with E-state index in [2.05, 4.69) is 19.2 Å². The molecule has 5 heteroatoms. The number of benzene rings is 1. The Labute approximate surface area is 125 Å². The SMILES string of the molecule is CC(C)CC(C)OCCCC(=O)Nc1ccc(F)cc1N. The van der Waals surface area contributed by atoms with Crippen LogP contribution in [-0.2, 0) is 9.53 Å². The Morgan fingerprint density at radius 2 is 2.10 bits per heavy atom. The normalized spacial score (nSPS) is 12.4. The third-order valence-corrected chi connectivity index (χ3v) is 3.04. The van der Waals surface area contributed by atoms with Gasteiger partial charge in [0, 0.05) is 13.0 Å². The lowest BCUT2D eigenvalue weighted by atomic mass is 10.1. The monoisotopic (exact) mass is 296 g/mol. The molecule has 1 aromatic carbocycles. The zero-order chi connectivity index (χ0) is 15.8. The number of nitrogen functional groups attached to an aromatic ring is 1. The van der Waals surface area contributed by atoms with E-state index < -0.39 is 5.82 Å². The van der Waals surface area contributed by atoms with Crippen molar-refractivity contribution in [1.82, 2.24) is 0 Å². The van der Waals surface area contributed by atoms with E-state index in [0.717, 1.165) is 6.42 Å². The third-order valence-electron chi connectivity index (χ3n) is 3.04. The number of carbonyl (C=O) groups is 1. The zero-order valence-corrected chi connectivity index (χ0v) is 13.0. The molecule has 0 aliphatic rings. The molecule has 0 bridgehead atoms. The van der Waals surface area contributed by atoms with Crippen LogP contribution in [0.15, 0.2) is 18.2 Å². The summed E-state index contributed by atoms with van der Waals surface area (Å²) in [6.45, 7) is 6.90. The Balaban J connectivity index is 2.25. The number of ether oxygens (including phenoxy) is 1. The van der Waals surface area contributed by atoms with Crippen LogP contribution in [0.1, 0.15) is 40.0 Å². The summed E-state index contributed by atoms with van der Waals surface area (Å²) in [6.07, 6.45) is 2.22. The zero-order valence-electron chi connectivity index (χ0n) is 13.0. The largest absolute Gasteiger partial charge is 0.397 e. The van der Waals surface area contributed by atoms with Gasteiger partial charge in [-0.3, -0.25) is 4.79 Å². The molecule has 0 aromatic heterocycles. The molecule has 1 rings (SSSR count). The predicted octanol–water partition coefficient (Wildman–Crippen LogP) is 3.58. The highest BCUT2D eigenvalue weighted by atomic mass is 19.1. The molecular weight excluding hydrogens is 271 g/mol. The molecule has 0 aliphatic carbocycles. The van der Waals surface area contributed by atoms with Crippen LogP contribution in [0.25, 0.3) is 0 Å². The molecule has 0 heterocycles. The molecule has 0 fully saturated rings. The Hall–Kier alpha value is -1.62. The van der Waals surface area contributed by atoms with Crippen molar-refractivity contribution in [2.75, 3.05) is 17.7 Å². The highest BCUT2D eigenvalue weighted by molar-refractivity contribution is 5.93. The molecule has 118 valence electrons. The van der Waals surface area contributed by atoms with E-state index >= 15 is 0 Å². The van der Waals surface area contributed by atoms with Gasteiger partial charge in [-0.05, 0) is 43.9 Å². The summed E-state index contributed by atoms with van der Waals surface area (Å²) in [5, 5.41) is 2.67. The first-order valence-corrected chi connectivity index (χ1v) is 7.35. The molecular formula is C16H25FN2O2. The molecule has 0 radical (unpaired) electrons. The van der Waals surface area contributed by atoms with Crippen molar-refractivity contribution in [2.24, 2.45) is 5.92 Å². The minimum absolute atomic E-state index is 0.145. The number of carbonyl (C=O) groups excluding carboxylic acids is 1. The number of nitrogens with one attached hydrogen (secondary N) is 1. The van der Waals surface area contributed by atoms with Crippen LogP contribution in [0.3, 0.4) is 0 Å². The number of nitrogens with two attached hydrogens (primary N) is 1. The van der Waals surface area contributed by atoms with Crippen LogP contribution < -0.4 is 11.1 Å². The van der Waals surface area contributed by atoms with Gasteiger partial charge in [0.25, 0.3) is 0 Å². The minimum Gasteiger partial charge on any atom is -0.397 e. The van der Waals surface area contributed by atoms with Crippen LogP contribution in [0.2, 0.25) is 0 Å². The molecule has 0 aliphatic heterocycles. The molecule has 1 atom stereocenters. The molecule has 4 nitrogen and oxygen atoms in total. The van der Waals surface area contributed by atoms with Gasteiger partial charge in [0.15, 0.2) is 0 Å². The summed E-state index contributed by atoms with van der Waals surface area (Å²) < 4.78 is 18.5. The molecule has 0 saturated carbocycles. The van der Waals surface area contributed by atoms with E-state index in [-0.39, 0.29) is 17.7 Å². The average molecular weight is 296 g/mol. The first-order chi connectivity index (χ1) is 9.88. The van der Waals surface area contributed by atoms with Crippen LogP contribution in [0, 0.1) is 11.7 Å². The fourth-order valence-electron chi connectivity index (χ4n) is 2.11. The van der Waals surface area contributed by atoms with E-state index in [1.807, 2.05) is 6.92 Å². The third kappa shape index (κ3) is 7.09. The molecule has 3 N–H and O–H groups in total. The van der Waals surface area contributed by atoms with Crippen molar-refractivity contribution in [2.45, 2.75) is 46.1 Å². The second-order valence-electron chi connectivity index (χ2n) is 5.69. The molecule has 0 spiro atoms. The topological polar surface area (TPSA) is 64.3 Å². The highest BCUT2D eigenvalue weighted by Crippen LogP contribution is 2.19. The lowest BCUT2D eigenvalue weighted by Gasteiger charge is -2.15. The smallest absolute Gasteiger partial charge is 0.224 e. The van der Waals surface area contributed by atoms with Crippen LogP contribution in [0.4, 0.5) is 15.8 Å². The Morgan fingerprint density at radius 3 is 2.71 bits per heavy atom. The van der Waals surface area contributed by atoms with Gasteiger partial charge in [-0.15, -0.1) is 0 Å². The Bertz CT molecular complexity index is 464. The Kier molecular flexibility index (Phi) is 7.15. The number of halogens is 1. The molecule has 1 unspecified atom stereocenters. The van der Waals surface area contributed by atoms with Crippen molar-refractivity contribution in [1.29, 1.82) is 0 Å². The average Bonchev–Trinajstić information content (AvgIpc) is 2.37. The summed E-state index contributed by atoms with van der Waals surface area (Å²) >= 11 is 0. The van der Waals surface area contributed by atoms with Crippen LogP contribution in [0.5, 0.6) is 0 Å². The molecule has 0 saturated heterocycles. The van der Waals surface area contributed by atoms with Crippen molar-refractivity contribution < 1.29 is 13.9 Å². The highest BCUT2D eigenvalue weighted by Gasteiger charge is 2.08. The van der Waals surface area contributed by atoms with E-state index in [1.54, 1.807) is 0 Å². The van der Waals surface area contributed by atoms with Crippen molar-refractivity contribution in [3.05, 3.63) is 24.0 Å². The van der Waals surface area contributed by atoms with Crippen molar-refractivity contribution in [3.8, 4) is 0 Å². The van der Waals surface area contributed by atoms with Gasteiger partial charge < -0.3 is 15.8 Å². The fourth-order valence-corrected chi connectivity index (χ4v) is 2.11. The second kappa shape index (κ2) is 8.62. The van der Waals surface area contributed by atoms with Gasteiger partial charge in [-0.1, -0.05) is 13.8 Å². The van der Waals surface area contributed by atoms with Gasteiger partial charge in [-0.25, -0.2) is 4.39 Å². The molecule has 21 heavy (non-hydrogen) atoms. The van der Waals surface area contributed by atoms with Gasteiger partial charge >= 0.3 is 0 Å². The van der Waals surface area contributed by atoms with Crippen LogP contribution in [-0.4, -0.2) is 18.6 Å². The standard InChI is InChI=1S/C16H25FN2O2/c1-11(2)9-12(3)21-8-4-5-16(20)19-15-7-6-13(17)10-14(15)18/h6-7,10-12H,4-5,8-9,18H2,1-3H3,(H,19,20). The Morgan fingerprint density at radius 1 is 1.38 bits per heavy atom. The number of rotatable bonds is 8. The number of amides is 1. The van der Waals surface area contributed by atoms with Gasteiger partial charge in [0.2, 0.25) is 5.91 Å². The second-order valence-corrected chi connectivity index (χ2v) is 5.69. The lowest BCUT2D eigenvalue weighted by Crippen LogP contribution is -2.16. The fraction of sp³-hybridized carbons (Fsp3) is 0.562. The first kappa shape index (κ1) is 17.4. The predicted molar refractivity (Wildman–Crippen MR) is 83.5 cm³/mol. The first-order valence-electron chi connectivity index (χ1n) is 7.35. The number of hydrogen-bond acceptors (Lipinski definition) is 3.